The van der Waals surface area contributed by atoms with E-state index in [4.69, 9.17) is 4.74 Å². The Hall–Kier alpha value is -1.18. The summed E-state index contributed by atoms with van der Waals surface area (Å²) in [4.78, 5) is 0. The molecule has 72 valence electrons. The Balaban J connectivity index is 2.99. The molecule has 0 bridgehead atoms. The molecule has 0 amide bonds. The molecule has 1 heterocycles. The molecule has 0 aromatic heterocycles. The summed E-state index contributed by atoms with van der Waals surface area (Å²) >= 11 is 0. The van der Waals surface area contributed by atoms with Crippen LogP contribution in [0.4, 0.5) is 0 Å². The summed E-state index contributed by atoms with van der Waals surface area (Å²) in [5, 5.41) is 3.33. The van der Waals surface area contributed by atoms with E-state index in [-0.39, 0.29) is 0 Å². The van der Waals surface area contributed by atoms with E-state index in [1.165, 1.54) is 11.1 Å². The molecule has 1 aliphatic heterocycles. The van der Waals surface area contributed by atoms with Gasteiger partial charge in [-0.3, -0.25) is 0 Å². The third-order valence-corrected chi connectivity index (χ3v) is 2.35. The lowest BCUT2D eigenvalue weighted by atomic mass is 10.1. The van der Waals surface area contributed by atoms with Gasteiger partial charge in [0.1, 0.15) is 12.4 Å². The topological polar surface area (TPSA) is 21.3 Å². The fourth-order valence-electron chi connectivity index (χ4n) is 1.32. The Morgan fingerprint density at radius 3 is 2.77 bits per heavy atom. The number of allylic oxidation sites excluding steroid dienone is 4. The van der Waals surface area contributed by atoms with Crippen molar-refractivity contribution in [2.24, 2.45) is 0 Å². The summed E-state index contributed by atoms with van der Waals surface area (Å²) in [6, 6.07) is 0. The summed E-state index contributed by atoms with van der Waals surface area (Å²) in [5.74, 6) is 0.977. The summed E-state index contributed by atoms with van der Waals surface area (Å²) in [5.41, 5.74) is 3.52. The van der Waals surface area contributed by atoms with Crippen molar-refractivity contribution < 1.29 is 4.74 Å². The van der Waals surface area contributed by atoms with Gasteiger partial charge in [0.15, 0.2) is 0 Å². The Morgan fingerprint density at radius 2 is 2.23 bits per heavy atom. The molecule has 0 unspecified atom stereocenters. The van der Waals surface area contributed by atoms with Crippen molar-refractivity contribution in [3.63, 3.8) is 0 Å². The van der Waals surface area contributed by atoms with Gasteiger partial charge in [-0.15, -0.1) is 0 Å². The van der Waals surface area contributed by atoms with E-state index in [1.807, 2.05) is 13.0 Å². The van der Waals surface area contributed by atoms with Gasteiger partial charge in [0.25, 0.3) is 0 Å². The molecule has 0 aliphatic carbocycles. The van der Waals surface area contributed by atoms with Crippen molar-refractivity contribution in [3.05, 3.63) is 35.3 Å². The first-order chi connectivity index (χ1) is 6.16. The van der Waals surface area contributed by atoms with Crippen molar-refractivity contribution >= 4 is 0 Å². The maximum absolute atomic E-state index is 5.45. The molecule has 0 radical (unpaired) electrons. The molecule has 0 atom stereocenters. The lowest BCUT2D eigenvalue weighted by Gasteiger charge is -2.22. The van der Waals surface area contributed by atoms with E-state index in [1.54, 1.807) is 0 Å². The van der Waals surface area contributed by atoms with Crippen LogP contribution in [0.2, 0.25) is 0 Å². The minimum Gasteiger partial charge on any atom is -0.494 e. The SMILES string of the molecule is C=C/C(C)=C(/C)C1=C(C)OCCN1. The molecule has 0 aromatic rings. The molecule has 0 fully saturated rings. The highest BCUT2D eigenvalue weighted by Gasteiger charge is 2.11. The number of rotatable bonds is 2. The Bertz CT molecular complexity index is 274. The lowest BCUT2D eigenvalue weighted by molar-refractivity contribution is 0.194. The maximum Gasteiger partial charge on any atom is 0.116 e. The van der Waals surface area contributed by atoms with E-state index in [0.717, 1.165) is 24.6 Å². The van der Waals surface area contributed by atoms with Crippen molar-refractivity contribution in [1.82, 2.24) is 5.32 Å². The highest BCUT2D eigenvalue weighted by atomic mass is 16.5. The quantitative estimate of drug-likeness (QED) is 0.657. The Kier molecular flexibility index (Phi) is 3.18. The van der Waals surface area contributed by atoms with Gasteiger partial charge in [0.2, 0.25) is 0 Å². The zero-order valence-electron chi connectivity index (χ0n) is 8.61. The van der Waals surface area contributed by atoms with Crippen molar-refractivity contribution in [2.45, 2.75) is 20.8 Å². The largest absolute Gasteiger partial charge is 0.494 e. The number of hydrogen-bond donors (Lipinski definition) is 1. The molecule has 1 rings (SSSR count). The van der Waals surface area contributed by atoms with Gasteiger partial charge in [-0.1, -0.05) is 12.7 Å². The Morgan fingerprint density at radius 1 is 1.54 bits per heavy atom. The van der Waals surface area contributed by atoms with Gasteiger partial charge in [-0.05, 0) is 31.9 Å². The molecule has 13 heavy (non-hydrogen) atoms. The highest BCUT2D eigenvalue weighted by Crippen LogP contribution is 2.18. The molecule has 0 saturated heterocycles. The number of hydrogen-bond acceptors (Lipinski definition) is 2. The third kappa shape index (κ3) is 2.14. The Labute approximate surface area is 80.0 Å². The smallest absolute Gasteiger partial charge is 0.116 e. The van der Waals surface area contributed by atoms with E-state index >= 15 is 0 Å². The van der Waals surface area contributed by atoms with Crippen LogP contribution in [0.1, 0.15) is 20.8 Å². The van der Waals surface area contributed by atoms with Crippen LogP contribution in [0.15, 0.2) is 35.3 Å². The van der Waals surface area contributed by atoms with Crippen LogP contribution in [-0.4, -0.2) is 13.2 Å². The van der Waals surface area contributed by atoms with Crippen LogP contribution >= 0.6 is 0 Å². The third-order valence-electron chi connectivity index (χ3n) is 2.35. The van der Waals surface area contributed by atoms with Crippen LogP contribution in [0.25, 0.3) is 0 Å². The van der Waals surface area contributed by atoms with Gasteiger partial charge in [0.05, 0.1) is 5.70 Å². The van der Waals surface area contributed by atoms with Gasteiger partial charge in [-0.25, -0.2) is 0 Å². The average molecular weight is 179 g/mol. The van der Waals surface area contributed by atoms with Crippen molar-refractivity contribution in [2.75, 3.05) is 13.2 Å². The molecule has 2 nitrogen and oxygen atoms in total. The average Bonchev–Trinajstić information content (AvgIpc) is 2.16. The van der Waals surface area contributed by atoms with E-state index in [2.05, 4.69) is 25.7 Å². The monoisotopic (exact) mass is 179 g/mol. The molecule has 0 aromatic carbocycles. The predicted molar refractivity (Wildman–Crippen MR) is 55.2 cm³/mol. The molecule has 1 aliphatic rings. The van der Waals surface area contributed by atoms with Crippen LogP contribution in [0.5, 0.6) is 0 Å². The van der Waals surface area contributed by atoms with Crippen LogP contribution in [-0.2, 0) is 4.74 Å². The van der Waals surface area contributed by atoms with Crippen molar-refractivity contribution in [3.8, 4) is 0 Å². The van der Waals surface area contributed by atoms with E-state index in [9.17, 15) is 0 Å². The summed E-state index contributed by atoms with van der Waals surface area (Å²) < 4.78 is 5.45. The van der Waals surface area contributed by atoms with Crippen LogP contribution in [0, 0.1) is 0 Å². The van der Waals surface area contributed by atoms with Crippen LogP contribution in [0.3, 0.4) is 0 Å². The predicted octanol–water partition coefficient (Wildman–Crippen LogP) is 2.36. The molecule has 1 N–H and O–H groups in total. The fraction of sp³-hybridized carbons (Fsp3) is 0.455. The van der Waals surface area contributed by atoms with Crippen molar-refractivity contribution in [1.29, 1.82) is 0 Å². The van der Waals surface area contributed by atoms with E-state index < -0.39 is 0 Å². The fourth-order valence-corrected chi connectivity index (χ4v) is 1.32. The van der Waals surface area contributed by atoms with Crippen LogP contribution < -0.4 is 5.32 Å². The lowest BCUT2D eigenvalue weighted by Crippen LogP contribution is -2.26. The number of nitrogens with one attached hydrogen (secondary N) is 1. The zero-order valence-corrected chi connectivity index (χ0v) is 8.61. The normalized spacial score (nSPS) is 18.7. The summed E-state index contributed by atoms with van der Waals surface area (Å²) in [7, 11) is 0. The first kappa shape index (κ1) is 9.90. The minimum atomic E-state index is 0.760. The minimum absolute atomic E-state index is 0.760. The molecular weight excluding hydrogens is 162 g/mol. The second-order valence-corrected chi connectivity index (χ2v) is 3.22. The summed E-state index contributed by atoms with van der Waals surface area (Å²) in [6.07, 6.45) is 1.87. The first-order valence-corrected chi connectivity index (χ1v) is 4.54. The second-order valence-electron chi connectivity index (χ2n) is 3.22. The highest BCUT2D eigenvalue weighted by molar-refractivity contribution is 5.37. The first-order valence-electron chi connectivity index (χ1n) is 4.54. The van der Waals surface area contributed by atoms with E-state index in [0.29, 0.717) is 0 Å². The van der Waals surface area contributed by atoms with Gasteiger partial charge in [0, 0.05) is 6.54 Å². The van der Waals surface area contributed by atoms with Gasteiger partial charge < -0.3 is 10.1 Å². The zero-order chi connectivity index (χ0) is 9.84. The molecule has 2 heteroatoms. The van der Waals surface area contributed by atoms with Gasteiger partial charge in [-0.2, -0.15) is 0 Å². The maximum atomic E-state index is 5.45. The molecular formula is C11H17NO. The summed E-state index contributed by atoms with van der Waals surface area (Å²) in [6.45, 7) is 11.5. The van der Waals surface area contributed by atoms with Gasteiger partial charge >= 0.3 is 0 Å². The molecule has 0 spiro atoms. The standard InChI is InChI=1S/C11H17NO/c1-5-8(2)9(3)11-10(4)13-7-6-12-11/h5,12H,1,6-7H2,2-4H3/b9-8-. The molecule has 0 saturated carbocycles. The second kappa shape index (κ2) is 4.17. The number of ether oxygens (including phenoxy) is 1.